The second-order valence-corrected chi connectivity index (χ2v) is 4.35. The molecule has 2 nitrogen and oxygen atoms in total. The van der Waals surface area contributed by atoms with Crippen molar-refractivity contribution >= 4 is 5.97 Å². The molecule has 0 bridgehead atoms. The number of aliphatic carboxylic acids is 1. The summed E-state index contributed by atoms with van der Waals surface area (Å²) in [5, 5.41) is 8.77. The van der Waals surface area contributed by atoms with E-state index in [0.29, 0.717) is 12.8 Å². The van der Waals surface area contributed by atoms with Crippen LogP contribution in [-0.4, -0.2) is 11.1 Å². The summed E-state index contributed by atoms with van der Waals surface area (Å²) in [5.74, 6) is -2.01. The molecule has 0 unspecified atom stereocenters. The fraction of sp³-hybridized carbons (Fsp3) is 0.417. The number of hydrogen-bond acceptors (Lipinski definition) is 1. The van der Waals surface area contributed by atoms with E-state index in [9.17, 15) is 18.0 Å². The van der Waals surface area contributed by atoms with Crippen LogP contribution in [0.15, 0.2) is 18.2 Å². The quantitative estimate of drug-likeness (QED) is 0.882. The van der Waals surface area contributed by atoms with Crippen molar-refractivity contribution in [3.8, 4) is 0 Å². The van der Waals surface area contributed by atoms with Gasteiger partial charge in [-0.05, 0) is 24.5 Å². The summed E-state index contributed by atoms with van der Waals surface area (Å²) >= 11 is 0. The number of halogens is 3. The first-order valence-corrected chi connectivity index (χ1v) is 5.25. The minimum atomic E-state index is -2.92. The van der Waals surface area contributed by atoms with E-state index in [-0.39, 0.29) is 12.0 Å². The van der Waals surface area contributed by atoms with Gasteiger partial charge < -0.3 is 5.11 Å². The first kappa shape index (κ1) is 12.0. The third kappa shape index (κ3) is 2.14. The molecule has 92 valence electrons. The summed E-state index contributed by atoms with van der Waals surface area (Å²) in [7, 11) is 0. The van der Waals surface area contributed by atoms with Crippen LogP contribution in [0.3, 0.4) is 0 Å². The Hall–Kier alpha value is -1.52. The van der Waals surface area contributed by atoms with Crippen LogP contribution in [0.2, 0.25) is 0 Å². The Morgan fingerprint density at radius 1 is 1.41 bits per heavy atom. The molecule has 1 aliphatic rings. The monoisotopic (exact) mass is 244 g/mol. The molecule has 0 spiro atoms. The van der Waals surface area contributed by atoms with Crippen LogP contribution in [0.4, 0.5) is 13.2 Å². The van der Waals surface area contributed by atoms with Gasteiger partial charge in [0.15, 0.2) is 0 Å². The molecule has 0 atom stereocenters. The molecule has 1 aliphatic carbocycles. The van der Waals surface area contributed by atoms with E-state index >= 15 is 0 Å². The lowest BCUT2D eigenvalue weighted by molar-refractivity contribution is -0.137. The van der Waals surface area contributed by atoms with Crippen molar-refractivity contribution in [2.45, 2.75) is 31.1 Å². The summed E-state index contributed by atoms with van der Waals surface area (Å²) in [6, 6.07) is 3.72. The maximum absolute atomic E-state index is 13.4. The molecule has 1 saturated carbocycles. The lowest BCUT2D eigenvalue weighted by Gasteiger charge is -2.18. The summed E-state index contributed by atoms with van der Waals surface area (Å²) < 4.78 is 39.0. The van der Waals surface area contributed by atoms with E-state index in [4.69, 9.17) is 5.11 Å². The average molecular weight is 244 g/mol. The fourth-order valence-electron chi connectivity index (χ4n) is 2.20. The molecule has 1 aromatic rings. The van der Waals surface area contributed by atoms with Crippen molar-refractivity contribution in [3.05, 3.63) is 35.1 Å². The third-order valence-electron chi connectivity index (χ3n) is 3.19. The van der Waals surface area contributed by atoms with Crippen LogP contribution < -0.4 is 0 Å². The topological polar surface area (TPSA) is 37.3 Å². The number of alkyl halides is 2. The van der Waals surface area contributed by atoms with Crippen molar-refractivity contribution in [1.82, 2.24) is 0 Å². The third-order valence-corrected chi connectivity index (χ3v) is 3.19. The maximum Gasteiger partial charge on any atom is 0.304 e. The number of rotatable bonds is 4. The molecule has 0 radical (unpaired) electrons. The Kier molecular flexibility index (Phi) is 2.85. The van der Waals surface area contributed by atoms with E-state index in [2.05, 4.69) is 0 Å². The van der Waals surface area contributed by atoms with E-state index in [0.717, 1.165) is 6.07 Å². The van der Waals surface area contributed by atoms with Gasteiger partial charge in [0.05, 0.1) is 12.0 Å². The average Bonchev–Trinajstić information content (AvgIpc) is 2.96. The maximum atomic E-state index is 13.4. The molecule has 0 heterocycles. The van der Waals surface area contributed by atoms with Gasteiger partial charge in [-0.2, -0.15) is 0 Å². The zero-order chi connectivity index (χ0) is 12.6. The van der Waals surface area contributed by atoms with Crippen LogP contribution >= 0.6 is 0 Å². The van der Waals surface area contributed by atoms with E-state index in [1.54, 1.807) is 0 Å². The van der Waals surface area contributed by atoms with Gasteiger partial charge in [0, 0.05) is 5.41 Å². The van der Waals surface area contributed by atoms with Gasteiger partial charge in [-0.1, -0.05) is 12.1 Å². The Labute approximate surface area is 96.1 Å². The fourth-order valence-corrected chi connectivity index (χ4v) is 2.20. The first-order chi connectivity index (χ1) is 7.96. The molecular weight excluding hydrogens is 233 g/mol. The van der Waals surface area contributed by atoms with Gasteiger partial charge in [0.25, 0.3) is 6.43 Å². The van der Waals surface area contributed by atoms with Crippen molar-refractivity contribution in [2.24, 2.45) is 0 Å². The van der Waals surface area contributed by atoms with Crippen molar-refractivity contribution in [2.75, 3.05) is 0 Å². The Bertz CT molecular complexity index is 453. The summed E-state index contributed by atoms with van der Waals surface area (Å²) in [6.45, 7) is 0. The molecule has 2 rings (SSSR count). The molecule has 1 N–H and O–H groups in total. The highest BCUT2D eigenvalue weighted by atomic mass is 19.3. The lowest BCUT2D eigenvalue weighted by Crippen LogP contribution is -2.16. The summed E-state index contributed by atoms with van der Waals surface area (Å²) in [5.41, 5.74) is -1.29. The van der Waals surface area contributed by atoms with E-state index in [1.807, 2.05) is 0 Å². The second-order valence-electron chi connectivity index (χ2n) is 4.35. The minimum absolute atomic E-state index is 0.148. The molecule has 17 heavy (non-hydrogen) atoms. The van der Waals surface area contributed by atoms with Crippen LogP contribution in [0.25, 0.3) is 0 Å². The number of benzene rings is 1. The van der Waals surface area contributed by atoms with Crippen LogP contribution in [0.1, 0.15) is 36.8 Å². The highest BCUT2D eigenvalue weighted by Gasteiger charge is 2.48. The molecule has 1 fully saturated rings. The highest BCUT2D eigenvalue weighted by Crippen LogP contribution is 2.53. The number of carboxylic acid groups (broad SMARTS) is 1. The Balaban J connectivity index is 2.45. The molecular formula is C12H11F3O2. The predicted octanol–water partition coefficient (Wildman–Crippen LogP) is 3.27. The zero-order valence-corrected chi connectivity index (χ0v) is 8.92. The number of hydrogen-bond donors (Lipinski definition) is 1. The summed E-state index contributed by atoms with van der Waals surface area (Å²) in [4.78, 5) is 10.7. The lowest BCUT2D eigenvalue weighted by atomic mass is 9.88. The van der Waals surface area contributed by atoms with Crippen LogP contribution in [-0.2, 0) is 10.2 Å². The van der Waals surface area contributed by atoms with Gasteiger partial charge in [0.2, 0.25) is 0 Å². The molecule has 5 heteroatoms. The van der Waals surface area contributed by atoms with Crippen LogP contribution in [0.5, 0.6) is 0 Å². The van der Waals surface area contributed by atoms with Gasteiger partial charge in [-0.3, -0.25) is 4.79 Å². The van der Waals surface area contributed by atoms with Gasteiger partial charge in [-0.25, -0.2) is 13.2 Å². The van der Waals surface area contributed by atoms with E-state index in [1.165, 1.54) is 12.1 Å². The predicted molar refractivity (Wildman–Crippen MR) is 54.5 cm³/mol. The van der Waals surface area contributed by atoms with Crippen LogP contribution in [0, 0.1) is 5.82 Å². The van der Waals surface area contributed by atoms with Crippen molar-refractivity contribution in [3.63, 3.8) is 0 Å². The second kappa shape index (κ2) is 4.05. The molecule has 0 saturated heterocycles. The largest absolute Gasteiger partial charge is 0.481 e. The minimum Gasteiger partial charge on any atom is -0.481 e. The molecule has 0 aliphatic heterocycles. The standard InChI is InChI=1S/C12H11F3O2/c13-8-3-1-2-7(10(8)11(14)15)12(4-5-12)6-9(16)17/h1-3,11H,4-6H2,(H,16,17). The Morgan fingerprint density at radius 3 is 2.53 bits per heavy atom. The Morgan fingerprint density at radius 2 is 2.06 bits per heavy atom. The highest BCUT2D eigenvalue weighted by molar-refractivity contribution is 5.70. The molecule has 0 amide bonds. The van der Waals surface area contributed by atoms with E-state index < -0.39 is 29.2 Å². The SMILES string of the molecule is O=C(O)CC1(c2cccc(F)c2C(F)F)CC1. The zero-order valence-electron chi connectivity index (χ0n) is 8.92. The molecule has 1 aromatic carbocycles. The molecule has 0 aromatic heterocycles. The summed E-state index contributed by atoms with van der Waals surface area (Å²) in [6.07, 6.45) is -2.11. The van der Waals surface area contributed by atoms with Gasteiger partial charge in [0.1, 0.15) is 5.82 Å². The smallest absolute Gasteiger partial charge is 0.304 e. The first-order valence-electron chi connectivity index (χ1n) is 5.25. The normalized spacial score (nSPS) is 17.2. The van der Waals surface area contributed by atoms with Gasteiger partial charge >= 0.3 is 5.97 Å². The van der Waals surface area contributed by atoms with Crippen molar-refractivity contribution in [1.29, 1.82) is 0 Å². The number of carboxylic acids is 1. The number of carbonyl (C=O) groups is 1. The van der Waals surface area contributed by atoms with Crippen molar-refractivity contribution < 1.29 is 23.1 Å². The van der Waals surface area contributed by atoms with Gasteiger partial charge in [-0.15, -0.1) is 0 Å².